The predicted octanol–water partition coefficient (Wildman–Crippen LogP) is 1.71. The molecule has 1 fully saturated rings. The van der Waals surface area contributed by atoms with E-state index in [0.717, 1.165) is 0 Å². The lowest BCUT2D eigenvalue weighted by atomic mass is 9.94. The number of aliphatic hydroxyl groups is 1. The number of fused-ring (bicyclic) bond motifs is 3. The molecule has 8 nitrogen and oxygen atoms in total. The van der Waals surface area contributed by atoms with Crippen LogP contribution in [0.2, 0.25) is 0 Å². The molecule has 1 saturated carbocycles. The summed E-state index contributed by atoms with van der Waals surface area (Å²) >= 11 is 1.96. The molecule has 0 aromatic heterocycles. The van der Waals surface area contributed by atoms with Crippen LogP contribution in [-0.2, 0) is 14.8 Å². The first-order valence-electron chi connectivity index (χ1n) is 8.87. The minimum atomic E-state index is -3.86. The summed E-state index contributed by atoms with van der Waals surface area (Å²) in [6.45, 7) is -0.514. The van der Waals surface area contributed by atoms with Crippen LogP contribution in [0.25, 0.3) is 0 Å². The van der Waals surface area contributed by atoms with Gasteiger partial charge in [0.1, 0.15) is 6.10 Å². The van der Waals surface area contributed by atoms with E-state index < -0.39 is 46.8 Å². The van der Waals surface area contributed by atoms with E-state index in [4.69, 9.17) is 14.6 Å². The molecule has 4 rings (SSSR count). The van der Waals surface area contributed by atoms with E-state index in [9.17, 15) is 18.3 Å². The summed E-state index contributed by atoms with van der Waals surface area (Å²) in [7, 11) is -3.86. The fourth-order valence-electron chi connectivity index (χ4n) is 3.90. The lowest BCUT2D eigenvalue weighted by Gasteiger charge is -2.22. The normalized spacial score (nSPS) is 25.2. The molecule has 1 aliphatic carbocycles. The minimum Gasteiger partial charge on any atom is -0.485 e. The van der Waals surface area contributed by atoms with E-state index in [-0.39, 0.29) is 17.1 Å². The van der Waals surface area contributed by atoms with Crippen LogP contribution in [-0.4, -0.2) is 49.5 Å². The Labute approximate surface area is 181 Å². The minimum absolute atomic E-state index is 0.147. The van der Waals surface area contributed by atoms with Gasteiger partial charge in [-0.15, -0.1) is 0 Å². The molecule has 0 spiro atoms. The van der Waals surface area contributed by atoms with Crippen LogP contribution < -0.4 is 14.2 Å². The molecule has 0 saturated heterocycles. The number of carboxylic acid groups (broad SMARTS) is 1. The largest absolute Gasteiger partial charge is 0.485 e. The van der Waals surface area contributed by atoms with E-state index in [1.165, 1.54) is 6.07 Å². The van der Waals surface area contributed by atoms with Gasteiger partial charge in [0.05, 0.1) is 17.0 Å². The van der Waals surface area contributed by atoms with Crippen LogP contribution in [0.1, 0.15) is 17.9 Å². The highest BCUT2D eigenvalue weighted by Gasteiger charge is 2.51. The van der Waals surface area contributed by atoms with Gasteiger partial charge in [-0.3, -0.25) is 0 Å². The SMILES string of the molecule is O=C(O)COc1cccc2c1OC1CC(O)C(NS(=O)(=O)c3ccccc3I)C21. The van der Waals surface area contributed by atoms with E-state index in [0.29, 0.717) is 14.9 Å². The summed E-state index contributed by atoms with van der Waals surface area (Å²) in [5, 5.41) is 19.4. The van der Waals surface area contributed by atoms with E-state index >= 15 is 0 Å². The first-order valence-corrected chi connectivity index (χ1v) is 11.4. The molecule has 2 aromatic carbocycles. The molecule has 29 heavy (non-hydrogen) atoms. The van der Waals surface area contributed by atoms with E-state index in [1.54, 1.807) is 36.4 Å². The van der Waals surface area contributed by atoms with Crippen molar-refractivity contribution in [2.45, 2.75) is 35.5 Å². The van der Waals surface area contributed by atoms with Crippen LogP contribution in [0.4, 0.5) is 0 Å². The maximum atomic E-state index is 12.9. The number of halogens is 1. The average Bonchev–Trinajstić information content (AvgIpc) is 3.16. The Bertz CT molecular complexity index is 1060. The third-order valence-corrected chi connectivity index (χ3v) is 7.91. The number of ether oxygens (including phenoxy) is 2. The van der Waals surface area contributed by atoms with Crippen molar-refractivity contribution >= 4 is 38.6 Å². The lowest BCUT2D eigenvalue weighted by Crippen LogP contribution is -2.43. The topological polar surface area (TPSA) is 122 Å². The van der Waals surface area contributed by atoms with Gasteiger partial charge < -0.3 is 19.7 Å². The standard InChI is InChI=1S/C19H18INO7S/c20-11-5-1-2-7-15(11)29(25,26)21-18-12(22)8-14-17(18)10-4-3-6-13(19(10)28-14)27-9-16(23)24/h1-7,12,14,17-18,21-22H,8-9H2,(H,23,24). The Hall–Kier alpha value is -1.89. The number of hydrogen-bond donors (Lipinski definition) is 3. The molecule has 4 atom stereocenters. The molecule has 0 bridgehead atoms. The van der Waals surface area contributed by atoms with Crippen molar-refractivity contribution < 1.29 is 32.9 Å². The van der Waals surface area contributed by atoms with Crippen molar-refractivity contribution in [2.75, 3.05) is 6.61 Å². The molecule has 154 valence electrons. The molecule has 1 heterocycles. The highest BCUT2D eigenvalue weighted by Crippen LogP contribution is 2.51. The maximum absolute atomic E-state index is 12.9. The molecule has 1 aliphatic heterocycles. The van der Waals surface area contributed by atoms with Gasteiger partial charge in [0.2, 0.25) is 10.0 Å². The van der Waals surface area contributed by atoms with Crippen LogP contribution >= 0.6 is 22.6 Å². The van der Waals surface area contributed by atoms with Gasteiger partial charge in [0, 0.05) is 21.5 Å². The molecular formula is C19H18INO7S. The Morgan fingerprint density at radius 3 is 2.72 bits per heavy atom. The zero-order valence-corrected chi connectivity index (χ0v) is 18.0. The Kier molecular flexibility index (Phi) is 5.44. The quantitative estimate of drug-likeness (QED) is 0.486. The van der Waals surface area contributed by atoms with Crippen molar-refractivity contribution in [3.63, 3.8) is 0 Å². The lowest BCUT2D eigenvalue weighted by molar-refractivity contribution is -0.139. The summed E-state index contributed by atoms with van der Waals surface area (Å²) < 4.78 is 40.3. The number of sulfonamides is 1. The number of aliphatic carboxylic acids is 1. The second-order valence-corrected chi connectivity index (χ2v) is 9.76. The number of carboxylic acids is 1. The van der Waals surface area contributed by atoms with Crippen molar-refractivity contribution in [3.8, 4) is 11.5 Å². The van der Waals surface area contributed by atoms with Gasteiger partial charge >= 0.3 is 5.97 Å². The zero-order chi connectivity index (χ0) is 20.8. The predicted molar refractivity (Wildman–Crippen MR) is 111 cm³/mol. The number of aliphatic hydroxyl groups excluding tert-OH is 1. The van der Waals surface area contributed by atoms with Gasteiger partial charge in [0.15, 0.2) is 18.1 Å². The number of rotatable bonds is 6. The molecule has 2 aromatic rings. The Morgan fingerprint density at radius 1 is 1.24 bits per heavy atom. The van der Waals surface area contributed by atoms with E-state index in [1.807, 2.05) is 22.6 Å². The molecule has 4 unspecified atom stereocenters. The van der Waals surface area contributed by atoms with Gasteiger partial charge in [-0.25, -0.2) is 17.9 Å². The molecular weight excluding hydrogens is 513 g/mol. The third kappa shape index (κ3) is 3.81. The fraction of sp³-hybridized carbons (Fsp3) is 0.316. The summed E-state index contributed by atoms with van der Waals surface area (Å²) in [6, 6.07) is 10.9. The average molecular weight is 531 g/mol. The summed E-state index contributed by atoms with van der Waals surface area (Å²) in [5.41, 5.74) is 0.685. The van der Waals surface area contributed by atoms with Gasteiger partial charge in [-0.05, 0) is 40.8 Å². The maximum Gasteiger partial charge on any atom is 0.341 e. The third-order valence-electron chi connectivity index (χ3n) is 5.08. The monoisotopic (exact) mass is 531 g/mol. The second kappa shape index (κ2) is 7.74. The highest BCUT2D eigenvalue weighted by molar-refractivity contribution is 14.1. The highest BCUT2D eigenvalue weighted by atomic mass is 127. The Balaban J connectivity index is 1.64. The summed E-state index contributed by atoms with van der Waals surface area (Å²) in [6.07, 6.45) is -1.11. The number of hydrogen-bond acceptors (Lipinski definition) is 6. The molecule has 0 amide bonds. The number of para-hydroxylation sites is 1. The summed E-state index contributed by atoms with van der Waals surface area (Å²) in [5.74, 6) is -0.842. The van der Waals surface area contributed by atoms with Gasteiger partial charge in [-0.2, -0.15) is 0 Å². The molecule has 0 radical (unpaired) electrons. The van der Waals surface area contributed by atoms with Crippen LogP contribution in [0.5, 0.6) is 11.5 Å². The fourth-order valence-corrected chi connectivity index (χ4v) is 6.53. The first-order chi connectivity index (χ1) is 13.8. The van der Waals surface area contributed by atoms with Crippen molar-refractivity contribution in [3.05, 3.63) is 51.6 Å². The molecule has 3 N–H and O–H groups in total. The number of carbonyl (C=O) groups is 1. The van der Waals surface area contributed by atoms with Crippen molar-refractivity contribution in [2.24, 2.45) is 0 Å². The molecule has 2 aliphatic rings. The van der Waals surface area contributed by atoms with Gasteiger partial charge in [0.25, 0.3) is 0 Å². The Morgan fingerprint density at radius 2 is 2.00 bits per heavy atom. The van der Waals surface area contributed by atoms with E-state index in [2.05, 4.69) is 4.72 Å². The molecule has 10 heteroatoms. The van der Waals surface area contributed by atoms with Crippen molar-refractivity contribution in [1.82, 2.24) is 4.72 Å². The smallest absolute Gasteiger partial charge is 0.341 e. The zero-order valence-electron chi connectivity index (χ0n) is 15.0. The van der Waals surface area contributed by atoms with Crippen molar-refractivity contribution in [1.29, 1.82) is 0 Å². The summed E-state index contributed by atoms with van der Waals surface area (Å²) in [4.78, 5) is 11.0. The number of benzene rings is 2. The first kappa shape index (κ1) is 20.4. The van der Waals surface area contributed by atoms with Crippen LogP contribution in [0.15, 0.2) is 47.4 Å². The second-order valence-electron chi connectivity index (χ2n) is 6.92. The van der Waals surface area contributed by atoms with Crippen LogP contribution in [0, 0.1) is 3.57 Å². The van der Waals surface area contributed by atoms with Gasteiger partial charge in [-0.1, -0.05) is 24.3 Å². The van der Waals surface area contributed by atoms with Crippen LogP contribution in [0.3, 0.4) is 0 Å². The number of nitrogens with one attached hydrogen (secondary N) is 1.